The number of hydrogen-bond acceptors (Lipinski definition) is 1. The highest BCUT2D eigenvalue weighted by molar-refractivity contribution is 6.10. The molecule has 0 atom stereocenters. The molecule has 0 unspecified atom stereocenters. The zero-order valence-electron chi connectivity index (χ0n) is 33.0. The van der Waals surface area contributed by atoms with Crippen molar-refractivity contribution in [1.82, 2.24) is 4.57 Å². The topological polar surface area (TPSA) is 8.17 Å². The van der Waals surface area contributed by atoms with Crippen LogP contribution in [0.15, 0.2) is 243 Å². The molecule has 0 aliphatic carbocycles. The lowest BCUT2D eigenvalue weighted by Crippen LogP contribution is -2.10. The quantitative estimate of drug-likeness (QED) is 0.150. The molecule has 0 fully saturated rings. The molecule has 0 aliphatic rings. The van der Waals surface area contributed by atoms with Crippen molar-refractivity contribution in [2.45, 2.75) is 0 Å². The Labute approximate surface area is 350 Å². The minimum absolute atomic E-state index is 1.08. The first-order valence-corrected chi connectivity index (χ1v) is 20.6. The minimum atomic E-state index is 1.08. The lowest BCUT2D eigenvalue weighted by molar-refractivity contribution is 1.18. The third-order valence-electron chi connectivity index (χ3n) is 11.8. The summed E-state index contributed by atoms with van der Waals surface area (Å²) in [6, 6.07) is 87.9. The fraction of sp³-hybridized carbons (Fsp3) is 0. The lowest BCUT2D eigenvalue weighted by atomic mass is 9.92. The predicted octanol–water partition coefficient (Wildman–Crippen LogP) is 16.1. The molecule has 0 saturated heterocycles. The summed E-state index contributed by atoms with van der Waals surface area (Å²) in [5, 5.41) is 5.03. The van der Waals surface area contributed by atoms with Gasteiger partial charge in [0.15, 0.2) is 0 Å². The Morgan fingerprint density at radius 1 is 0.267 bits per heavy atom. The van der Waals surface area contributed by atoms with E-state index in [9.17, 15) is 0 Å². The molecule has 282 valence electrons. The van der Waals surface area contributed by atoms with E-state index in [1.165, 1.54) is 71.5 Å². The molecule has 0 bridgehead atoms. The van der Waals surface area contributed by atoms with E-state index in [0.717, 1.165) is 28.3 Å². The number of nitrogens with zero attached hydrogens (tertiary/aromatic N) is 2. The van der Waals surface area contributed by atoms with E-state index in [0.29, 0.717) is 0 Å². The highest BCUT2D eigenvalue weighted by atomic mass is 15.1. The average Bonchev–Trinajstić information content (AvgIpc) is 3.66. The molecular weight excluding hydrogens is 725 g/mol. The van der Waals surface area contributed by atoms with Crippen molar-refractivity contribution >= 4 is 49.6 Å². The smallest absolute Gasteiger partial charge is 0.0541 e. The molecule has 0 spiro atoms. The van der Waals surface area contributed by atoms with Gasteiger partial charge in [-0.25, -0.2) is 0 Å². The van der Waals surface area contributed by atoms with Crippen molar-refractivity contribution in [2.75, 3.05) is 4.90 Å². The molecule has 10 aromatic carbocycles. The Hall–Kier alpha value is -7.94. The fourth-order valence-corrected chi connectivity index (χ4v) is 9.01. The number of fused-ring (bicyclic) bond motifs is 4. The number of aromatic nitrogens is 1. The molecule has 0 amide bonds. The number of benzene rings is 10. The van der Waals surface area contributed by atoms with Crippen molar-refractivity contribution in [2.24, 2.45) is 0 Å². The Kier molecular flexibility index (Phi) is 8.87. The Morgan fingerprint density at radius 3 is 1.55 bits per heavy atom. The van der Waals surface area contributed by atoms with E-state index in [1.807, 2.05) is 0 Å². The normalized spacial score (nSPS) is 11.3. The van der Waals surface area contributed by atoms with Crippen LogP contribution in [0.25, 0.3) is 82.8 Å². The lowest BCUT2D eigenvalue weighted by Gasteiger charge is -2.27. The largest absolute Gasteiger partial charge is 0.310 e. The van der Waals surface area contributed by atoms with E-state index in [1.54, 1.807) is 0 Å². The van der Waals surface area contributed by atoms with E-state index in [2.05, 4.69) is 252 Å². The van der Waals surface area contributed by atoms with Crippen LogP contribution in [-0.4, -0.2) is 4.57 Å². The SMILES string of the molecule is c1ccc(-c2cc(N(c3ccccc3)c3cccc(-c4ccc(-c5cccc6ccccc56)cc4)c3)ccc2-c2ccccc2-n2c3ccccc3c3ccccc32)cc1. The minimum Gasteiger partial charge on any atom is -0.310 e. The summed E-state index contributed by atoms with van der Waals surface area (Å²) >= 11 is 0. The van der Waals surface area contributed by atoms with Crippen LogP contribution in [-0.2, 0) is 0 Å². The summed E-state index contributed by atoms with van der Waals surface area (Å²) in [4.78, 5) is 2.38. The Balaban J connectivity index is 1.04. The molecule has 1 aromatic heterocycles. The third-order valence-corrected chi connectivity index (χ3v) is 11.8. The van der Waals surface area contributed by atoms with Crippen LogP contribution in [0.3, 0.4) is 0 Å². The van der Waals surface area contributed by atoms with Crippen LogP contribution in [0.4, 0.5) is 17.1 Å². The van der Waals surface area contributed by atoms with Crippen LogP contribution in [0.2, 0.25) is 0 Å². The second kappa shape index (κ2) is 15.1. The molecule has 60 heavy (non-hydrogen) atoms. The van der Waals surface area contributed by atoms with Gasteiger partial charge in [-0.15, -0.1) is 0 Å². The summed E-state index contributed by atoms with van der Waals surface area (Å²) in [7, 11) is 0. The van der Waals surface area contributed by atoms with Gasteiger partial charge in [0, 0.05) is 33.4 Å². The number of rotatable bonds is 8. The zero-order valence-corrected chi connectivity index (χ0v) is 33.0. The highest BCUT2D eigenvalue weighted by Gasteiger charge is 2.20. The van der Waals surface area contributed by atoms with Crippen molar-refractivity contribution in [3.05, 3.63) is 243 Å². The van der Waals surface area contributed by atoms with Gasteiger partial charge in [0.2, 0.25) is 0 Å². The third kappa shape index (κ3) is 6.23. The zero-order chi connectivity index (χ0) is 39.8. The number of hydrogen-bond donors (Lipinski definition) is 0. The van der Waals surface area contributed by atoms with Crippen LogP contribution in [0, 0.1) is 0 Å². The molecule has 1 heterocycles. The van der Waals surface area contributed by atoms with Gasteiger partial charge in [-0.1, -0.05) is 188 Å². The van der Waals surface area contributed by atoms with Gasteiger partial charge in [-0.2, -0.15) is 0 Å². The van der Waals surface area contributed by atoms with Crippen molar-refractivity contribution in [3.63, 3.8) is 0 Å². The van der Waals surface area contributed by atoms with E-state index < -0.39 is 0 Å². The maximum Gasteiger partial charge on any atom is 0.0541 e. The molecule has 2 nitrogen and oxygen atoms in total. The van der Waals surface area contributed by atoms with Gasteiger partial charge in [0.25, 0.3) is 0 Å². The molecule has 0 aliphatic heterocycles. The van der Waals surface area contributed by atoms with Gasteiger partial charge >= 0.3 is 0 Å². The van der Waals surface area contributed by atoms with Crippen LogP contribution < -0.4 is 4.90 Å². The molecule has 11 aromatic rings. The molecule has 0 saturated carbocycles. The van der Waals surface area contributed by atoms with Gasteiger partial charge in [-0.05, 0) is 104 Å². The maximum atomic E-state index is 2.43. The van der Waals surface area contributed by atoms with Crippen LogP contribution >= 0.6 is 0 Å². The molecular formula is C58H40N2. The second-order valence-electron chi connectivity index (χ2n) is 15.3. The molecule has 0 N–H and O–H groups in total. The van der Waals surface area contributed by atoms with Crippen LogP contribution in [0.5, 0.6) is 0 Å². The molecule has 11 rings (SSSR count). The first-order valence-electron chi connectivity index (χ1n) is 20.6. The standard InChI is InChI=1S/C58H40N2/c1-3-17-43(18-4-1)55-40-48(37-38-51(55)52-26-9-12-30-56(52)60-57-31-13-10-27-53(57)54-28-11-14-32-58(54)60)59(46-22-5-2-6-23-46)47-24-15-21-45(39-47)41-33-35-44(36-34-41)50-29-16-20-42-19-7-8-25-49(42)50/h1-40H. The summed E-state index contributed by atoms with van der Waals surface area (Å²) in [5.74, 6) is 0. The van der Waals surface area contributed by atoms with Crippen molar-refractivity contribution in [3.8, 4) is 50.2 Å². The number of anilines is 3. The van der Waals surface area contributed by atoms with Gasteiger partial charge < -0.3 is 9.47 Å². The Bertz CT molecular complexity index is 3250. The number of para-hydroxylation sites is 4. The predicted molar refractivity (Wildman–Crippen MR) is 255 cm³/mol. The van der Waals surface area contributed by atoms with E-state index in [-0.39, 0.29) is 0 Å². The molecule has 0 radical (unpaired) electrons. The van der Waals surface area contributed by atoms with Gasteiger partial charge in [-0.3, -0.25) is 0 Å². The highest BCUT2D eigenvalue weighted by Crippen LogP contribution is 2.44. The summed E-state index contributed by atoms with van der Waals surface area (Å²) in [6.07, 6.45) is 0. The summed E-state index contributed by atoms with van der Waals surface area (Å²) < 4.78 is 2.43. The monoisotopic (exact) mass is 764 g/mol. The maximum absolute atomic E-state index is 2.43. The Morgan fingerprint density at radius 2 is 0.783 bits per heavy atom. The van der Waals surface area contributed by atoms with Crippen molar-refractivity contribution in [1.29, 1.82) is 0 Å². The average molecular weight is 765 g/mol. The second-order valence-corrected chi connectivity index (χ2v) is 15.3. The van der Waals surface area contributed by atoms with Crippen molar-refractivity contribution < 1.29 is 0 Å². The first-order chi connectivity index (χ1) is 29.8. The van der Waals surface area contributed by atoms with Gasteiger partial charge in [0.05, 0.1) is 16.7 Å². The van der Waals surface area contributed by atoms with E-state index >= 15 is 0 Å². The van der Waals surface area contributed by atoms with Crippen LogP contribution in [0.1, 0.15) is 0 Å². The molecule has 2 heteroatoms. The van der Waals surface area contributed by atoms with Gasteiger partial charge in [0.1, 0.15) is 0 Å². The summed E-state index contributed by atoms with van der Waals surface area (Å²) in [5.41, 5.74) is 16.3. The fourth-order valence-electron chi connectivity index (χ4n) is 9.01. The first kappa shape index (κ1) is 35.2. The summed E-state index contributed by atoms with van der Waals surface area (Å²) in [6.45, 7) is 0. The van der Waals surface area contributed by atoms with E-state index in [4.69, 9.17) is 0 Å².